The SMILES string of the molecule is CN(Cc1ccccc1)C1CCN(CCCOc2cc(=O)oc3cc(-c4ccc(F)nc4)ccc23)CC1. The number of pyridine rings is 1. The molecule has 1 aliphatic heterocycles. The van der Waals surface area contributed by atoms with Crippen LogP contribution in [0.3, 0.4) is 0 Å². The van der Waals surface area contributed by atoms with Gasteiger partial charge in [0.25, 0.3) is 0 Å². The van der Waals surface area contributed by atoms with Gasteiger partial charge in [0, 0.05) is 30.9 Å². The molecule has 0 atom stereocenters. The number of fused-ring (bicyclic) bond motifs is 1. The fourth-order valence-electron chi connectivity index (χ4n) is 5.03. The van der Waals surface area contributed by atoms with E-state index in [4.69, 9.17) is 9.15 Å². The van der Waals surface area contributed by atoms with Crippen molar-refractivity contribution in [2.24, 2.45) is 0 Å². The molecule has 0 aliphatic carbocycles. The van der Waals surface area contributed by atoms with Gasteiger partial charge in [-0.1, -0.05) is 36.4 Å². The van der Waals surface area contributed by atoms with Crippen LogP contribution in [0.25, 0.3) is 22.1 Å². The lowest BCUT2D eigenvalue weighted by molar-refractivity contribution is 0.119. The fraction of sp³-hybridized carbons (Fsp3) is 0.333. The molecular formula is C30H32FN3O3. The highest BCUT2D eigenvalue weighted by Crippen LogP contribution is 2.29. The standard InChI is InChI=1S/C30H32FN3O3/c1-33(21-22-6-3-2-4-7-22)25-12-15-34(16-13-25)14-5-17-36-27-19-30(35)37-28-18-23(8-10-26(27)28)24-9-11-29(31)32-20-24/h2-4,6-11,18-20,25H,5,12-17,21H2,1H3. The molecule has 192 valence electrons. The third kappa shape index (κ3) is 6.42. The number of likely N-dealkylation sites (tertiary alicyclic amines) is 1. The van der Waals surface area contributed by atoms with Crippen LogP contribution >= 0.6 is 0 Å². The number of piperidine rings is 1. The second kappa shape index (κ2) is 11.7. The van der Waals surface area contributed by atoms with Crippen molar-refractivity contribution in [1.82, 2.24) is 14.8 Å². The molecule has 0 saturated carbocycles. The Labute approximate surface area is 216 Å². The van der Waals surface area contributed by atoms with Gasteiger partial charge in [-0.05, 0) is 74.8 Å². The Morgan fingerprint density at radius 3 is 2.59 bits per heavy atom. The zero-order valence-corrected chi connectivity index (χ0v) is 21.1. The molecule has 2 aromatic carbocycles. The molecule has 6 nitrogen and oxygen atoms in total. The first kappa shape index (κ1) is 25.1. The van der Waals surface area contributed by atoms with E-state index in [9.17, 15) is 9.18 Å². The predicted molar refractivity (Wildman–Crippen MR) is 143 cm³/mol. The number of hydrogen-bond acceptors (Lipinski definition) is 6. The Hall–Kier alpha value is -3.55. The van der Waals surface area contributed by atoms with Crippen molar-refractivity contribution in [3.63, 3.8) is 0 Å². The molecule has 0 unspecified atom stereocenters. The highest BCUT2D eigenvalue weighted by atomic mass is 19.1. The van der Waals surface area contributed by atoms with Crippen molar-refractivity contribution >= 4 is 11.0 Å². The van der Waals surface area contributed by atoms with Gasteiger partial charge in [0.05, 0.1) is 18.1 Å². The lowest BCUT2D eigenvalue weighted by Gasteiger charge is -2.36. The van der Waals surface area contributed by atoms with Crippen molar-refractivity contribution < 1.29 is 13.5 Å². The fourth-order valence-corrected chi connectivity index (χ4v) is 5.03. The summed E-state index contributed by atoms with van der Waals surface area (Å²) in [5.74, 6) is -0.0113. The summed E-state index contributed by atoms with van der Waals surface area (Å²) in [6.07, 6.45) is 4.67. The number of ether oxygens (including phenoxy) is 1. The van der Waals surface area contributed by atoms with Gasteiger partial charge in [0.1, 0.15) is 11.3 Å². The summed E-state index contributed by atoms with van der Waals surface area (Å²) in [6, 6.07) is 21.1. The summed E-state index contributed by atoms with van der Waals surface area (Å²) in [7, 11) is 2.22. The van der Waals surface area contributed by atoms with Gasteiger partial charge in [-0.2, -0.15) is 4.39 Å². The average Bonchev–Trinajstić information content (AvgIpc) is 2.92. The van der Waals surface area contributed by atoms with E-state index in [0.29, 0.717) is 24.0 Å². The van der Waals surface area contributed by atoms with Crippen LogP contribution in [0, 0.1) is 5.95 Å². The molecule has 0 amide bonds. The van der Waals surface area contributed by atoms with Gasteiger partial charge in [-0.25, -0.2) is 9.78 Å². The van der Waals surface area contributed by atoms with Crippen molar-refractivity contribution in [1.29, 1.82) is 0 Å². The lowest BCUT2D eigenvalue weighted by atomic mass is 10.0. The van der Waals surface area contributed by atoms with Crippen LogP contribution in [0.2, 0.25) is 0 Å². The lowest BCUT2D eigenvalue weighted by Crippen LogP contribution is -2.43. The molecule has 5 rings (SSSR count). The van der Waals surface area contributed by atoms with Crippen LogP contribution in [-0.2, 0) is 6.54 Å². The van der Waals surface area contributed by atoms with E-state index in [-0.39, 0.29) is 0 Å². The van der Waals surface area contributed by atoms with E-state index >= 15 is 0 Å². The Morgan fingerprint density at radius 1 is 1.05 bits per heavy atom. The maximum Gasteiger partial charge on any atom is 0.339 e. The molecule has 37 heavy (non-hydrogen) atoms. The molecule has 7 heteroatoms. The van der Waals surface area contributed by atoms with E-state index in [1.165, 1.54) is 36.7 Å². The van der Waals surface area contributed by atoms with Crippen LogP contribution in [0.15, 0.2) is 82.1 Å². The Morgan fingerprint density at radius 2 is 1.84 bits per heavy atom. The summed E-state index contributed by atoms with van der Waals surface area (Å²) in [4.78, 5) is 20.8. The topological polar surface area (TPSA) is 58.8 Å². The van der Waals surface area contributed by atoms with Crippen molar-refractivity contribution in [2.75, 3.05) is 33.3 Å². The Bertz CT molecular complexity index is 1370. The van der Waals surface area contributed by atoms with Crippen LogP contribution in [0.1, 0.15) is 24.8 Å². The first-order valence-corrected chi connectivity index (χ1v) is 12.8. The molecule has 1 fully saturated rings. The summed E-state index contributed by atoms with van der Waals surface area (Å²) >= 11 is 0. The van der Waals surface area contributed by atoms with Crippen LogP contribution < -0.4 is 10.4 Å². The second-order valence-electron chi connectivity index (χ2n) is 9.69. The van der Waals surface area contributed by atoms with Gasteiger partial charge < -0.3 is 14.1 Å². The first-order chi connectivity index (χ1) is 18.0. The molecule has 0 N–H and O–H groups in total. The quantitative estimate of drug-likeness (QED) is 0.175. The number of rotatable bonds is 9. The van der Waals surface area contributed by atoms with E-state index in [0.717, 1.165) is 49.1 Å². The van der Waals surface area contributed by atoms with Gasteiger partial charge in [-0.3, -0.25) is 4.90 Å². The number of nitrogens with zero attached hydrogens (tertiary/aromatic N) is 3. The van der Waals surface area contributed by atoms with Crippen molar-refractivity contribution in [3.8, 4) is 16.9 Å². The summed E-state index contributed by atoms with van der Waals surface area (Å²) in [5, 5.41) is 0.737. The normalized spacial score (nSPS) is 14.9. The monoisotopic (exact) mass is 501 g/mol. The van der Waals surface area contributed by atoms with Crippen LogP contribution in [0.5, 0.6) is 5.75 Å². The number of halogens is 1. The van der Waals surface area contributed by atoms with Crippen molar-refractivity contribution in [3.05, 3.63) is 94.9 Å². The first-order valence-electron chi connectivity index (χ1n) is 12.8. The minimum Gasteiger partial charge on any atom is -0.492 e. The Balaban J connectivity index is 1.12. The minimum atomic E-state index is -0.536. The Kier molecular flexibility index (Phi) is 7.92. The molecule has 2 aromatic heterocycles. The van der Waals surface area contributed by atoms with Gasteiger partial charge in [0.2, 0.25) is 5.95 Å². The second-order valence-corrected chi connectivity index (χ2v) is 9.69. The maximum absolute atomic E-state index is 13.2. The van der Waals surface area contributed by atoms with Crippen molar-refractivity contribution in [2.45, 2.75) is 31.8 Å². The van der Waals surface area contributed by atoms with Gasteiger partial charge in [0.15, 0.2) is 0 Å². The largest absolute Gasteiger partial charge is 0.492 e. The van der Waals surface area contributed by atoms with Crippen LogP contribution in [0.4, 0.5) is 4.39 Å². The summed E-state index contributed by atoms with van der Waals surface area (Å²) in [6.45, 7) is 4.65. The smallest absolute Gasteiger partial charge is 0.339 e. The molecule has 1 saturated heterocycles. The minimum absolute atomic E-state index is 0.436. The predicted octanol–water partition coefficient (Wildman–Crippen LogP) is 5.36. The number of benzene rings is 2. The van der Waals surface area contributed by atoms with E-state index < -0.39 is 11.6 Å². The highest BCUT2D eigenvalue weighted by Gasteiger charge is 2.22. The molecule has 0 spiro atoms. The maximum atomic E-state index is 13.2. The third-order valence-electron chi connectivity index (χ3n) is 7.10. The average molecular weight is 502 g/mol. The molecular weight excluding hydrogens is 469 g/mol. The van der Waals surface area contributed by atoms with E-state index in [1.807, 2.05) is 12.1 Å². The van der Waals surface area contributed by atoms with E-state index in [1.54, 1.807) is 12.1 Å². The zero-order chi connectivity index (χ0) is 25.6. The number of hydrogen-bond donors (Lipinski definition) is 0. The zero-order valence-electron chi connectivity index (χ0n) is 21.1. The summed E-state index contributed by atoms with van der Waals surface area (Å²) < 4.78 is 24.6. The molecule has 0 bridgehead atoms. The van der Waals surface area contributed by atoms with Gasteiger partial charge >= 0.3 is 5.63 Å². The van der Waals surface area contributed by atoms with E-state index in [2.05, 4.69) is 52.2 Å². The third-order valence-corrected chi connectivity index (χ3v) is 7.10. The number of aromatic nitrogens is 1. The van der Waals surface area contributed by atoms with Crippen LogP contribution in [-0.4, -0.2) is 54.1 Å². The highest BCUT2D eigenvalue weighted by molar-refractivity contribution is 5.87. The molecule has 0 radical (unpaired) electrons. The molecule has 4 aromatic rings. The summed E-state index contributed by atoms with van der Waals surface area (Å²) in [5.41, 5.74) is 2.87. The molecule has 1 aliphatic rings. The molecule has 3 heterocycles. The van der Waals surface area contributed by atoms with Gasteiger partial charge in [-0.15, -0.1) is 0 Å².